The molecule has 0 radical (unpaired) electrons. The van der Waals surface area contributed by atoms with Gasteiger partial charge >= 0.3 is 0 Å². The molecule has 8 nitrogen and oxygen atoms in total. The molecule has 1 atom stereocenters. The second-order valence-electron chi connectivity index (χ2n) is 8.05. The molecule has 0 bridgehead atoms. The fourth-order valence-corrected chi connectivity index (χ4v) is 3.88. The number of aliphatic imine (C=N–C) groups is 1. The van der Waals surface area contributed by atoms with Crippen molar-refractivity contribution in [3.63, 3.8) is 0 Å². The fraction of sp³-hybridized carbons (Fsp3) is 0.542. The number of aromatic nitrogens is 2. The summed E-state index contributed by atoms with van der Waals surface area (Å²) in [5.41, 5.74) is 3.21. The highest BCUT2D eigenvalue weighted by Gasteiger charge is 2.27. The summed E-state index contributed by atoms with van der Waals surface area (Å²) in [5.74, 6) is 0.541. The van der Waals surface area contributed by atoms with Crippen LogP contribution in [0.4, 0.5) is 0 Å². The van der Waals surface area contributed by atoms with E-state index in [0.29, 0.717) is 32.8 Å². The lowest BCUT2D eigenvalue weighted by atomic mass is 9.97. The zero-order valence-corrected chi connectivity index (χ0v) is 19.5. The molecule has 2 heterocycles. The molecule has 0 spiro atoms. The van der Waals surface area contributed by atoms with Crippen molar-refractivity contribution in [1.82, 2.24) is 25.3 Å². The van der Waals surface area contributed by atoms with Crippen LogP contribution in [-0.4, -0.2) is 72.5 Å². The molecule has 1 fully saturated rings. The summed E-state index contributed by atoms with van der Waals surface area (Å²) in [6.07, 6.45) is 0.932. The molecule has 1 unspecified atom stereocenters. The molecule has 32 heavy (non-hydrogen) atoms. The number of guanidine groups is 1. The summed E-state index contributed by atoms with van der Waals surface area (Å²) in [7, 11) is 0. The Morgan fingerprint density at radius 1 is 1.19 bits per heavy atom. The van der Waals surface area contributed by atoms with Crippen molar-refractivity contribution in [3.8, 4) is 0 Å². The molecule has 1 aliphatic heterocycles. The number of ether oxygens (including phenoxy) is 1. The van der Waals surface area contributed by atoms with Gasteiger partial charge in [-0.1, -0.05) is 30.3 Å². The molecule has 2 aromatic rings. The Morgan fingerprint density at radius 2 is 1.94 bits per heavy atom. The Bertz CT molecular complexity index is 874. The van der Waals surface area contributed by atoms with E-state index < -0.39 is 0 Å². The van der Waals surface area contributed by atoms with Gasteiger partial charge in [0.2, 0.25) is 5.91 Å². The van der Waals surface area contributed by atoms with Gasteiger partial charge in [0.05, 0.1) is 31.4 Å². The van der Waals surface area contributed by atoms with Crippen LogP contribution in [0, 0.1) is 13.8 Å². The highest BCUT2D eigenvalue weighted by atomic mass is 16.5. The van der Waals surface area contributed by atoms with Crippen LogP contribution in [0.15, 0.2) is 41.4 Å². The van der Waals surface area contributed by atoms with Crippen LogP contribution in [0.3, 0.4) is 0 Å². The predicted molar refractivity (Wildman–Crippen MR) is 127 cm³/mol. The number of nitrogens with one attached hydrogen (secondary N) is 2. The number of nitrogens with zero attached hydrogens (tertiary/aromatic N) is 4. The van der Waals surface area contributed by atoms with E-state index in [1.54, 1.807) is 0 Å². The lowest BCUT2D eigenvalue weighted by Gasteiger charge is -2.30. The minimum absolute atomic E-state index is 0.114. The quantitative estimate of drug-likeness (QED) is 0.354. The summed E-state index contributed by atoms with van der Waals surface area (Å²) >= 11 is 0. The third kappa shape index (κ3) is 6.82. The summed E-state index contributed by atoms with van der Waals surface area (Å²) in [6, 6.07) is 12.0. The van der Waals surface area contributed by atoms with Crippen LogP contribution >= 0.6 is 0 Å². The molecule has 2 N–H and O–H groups in total. The van der Waals surface area contributed by atoms with E-state index in [4.69, 9.17) is 9.73 Å². The van der Waals surface area contributed by atoms with Crippen molar-refractivity contribution in [1.29, 1.82) is 0 Å². The molecule has 1 amide bonds. The van der Waals surface area contributed by atoms with Crippen LogP contribution in [-0.2, 0) is 16.1 Å². The minimum atomic E-state index is -0.306. The Kier molecular flexibility index (Phi) is 9.10. The van der Waals surface area contributed by atoms with Crippen LogP contribution in [0.25, 0.3) is 0 Å². The van der Waals surface area contributed by atoms with Crippen molar-refractivity contribution in [2.75, 3.05) is 45.9 Å². The molecule has 174 valence electrons. The third-order valence-corrected chi connectivity index (χ3v) is 5.54. The molecule has 1 aromatic carbocycles. The maximum atomic E-state index is 13.3. The molecule has 1 aromatic heterocycles. The zero-order chi connectivity index (χ0) is 22.8. The van der Waals surface area contributed by atoms with Crippen molar-refractivity contribution in [2.24, 2.45) is 4.99 Å². The predicted octanol–water partition coefficient (Wildman–Crippen LogP) is 2.09. The highest BCUT2D eigenvalue weighted by Crippen LogP contribution is 2.20. The van der Waals surface area contributed by atoms with Gasteiger partial charge in [0, 0.05) is 38.4 Å². The van der Waals surface area contributed by atoms with E-state index in [9.17, 15) is 4.79 Å². The molecule has 1 saturated heterocycles. The first-order chi connectivity index (χ1) is 15.6. The molecule has 0 saturated carbocycles. The lowest BCUT2D eigenvalue weighted by molar-refractivity contribution is -0.136. The highest BCUT2D eigenvalue weighted by molar-refractivity contribution is 5.85. The Hall–Kier alpha value is -2.87. The Balaban J connectivity index is 1.62. The van der Waals surface area contributed by atoms with Gasteiger partial charge in [0.25, 0.3) is 0 Å². The number of aryl methyl sites for hydroxylation is 3. The largest absolute Gasteiger partial charge is 0.378 e. The maximum Gasteiger partial charge on any atom is 0.232 e. The summed E-state index contributed by atoms with van der Waals surface area (Å²) in [4.78, 5) is 19.9. The van der Waals surface area contributed by atoms with Gasteiger partial charge in [-0.05, 0) is 38.8 Å². The normalized spacial score (nSPS) is 15.5. The number of carbonyl (C=O) groups excluding carboxylic acids is 1. The average Bonchev–Trinajstić information content (AvgIpc) is 3.14. The summed E-state index contributed by atoms with van der Waals surface area (Å²) in [5, 5.41) is 11.2. The summed E-state index contributed by atoms with van der Waals surface area (Å²) < 4.78 is 7.45. The average molecular weight is 441 g/mol. The molecular formula is C24H36N6O2. The van der Waals surface area contributed by atoms with Crippen molar-refractivity contribution < 1.29 is 9.53 Å². The van der Waals surface area contributed by atoms with Gasteiger partial charge < -0.3 is 20.3 Å². The summed E-state index contributed by atoms with van der Waals surface area (Å²) in [6.45, 7) is 11.4. The van der Waals surface area contributed by atoms with Crippen LogP contribution in [0.2, 0.25) is 0 Å². The van der Waals surface area contributed by atoms with E-state index in [1.807, 2.05) is 53.8 Å². The smallest absolute Gasteiger partial charge is 0.232 e. The SMILES string of the molecule is CCNC(=NCC(C(=O)N1CCOCC1)c1ccccc1)NCCCn1nc(C)cc1C. The van der Waals surface area contributed by atoms with Crippen LogP contribution in [0.1, 0.15) is 36.2 Å². The molecule has 1 aliphatic rings. The molecular weight excluding hydrogens is 404 g/mol. The topological polar surface area (TPSA) is 83.8 Å². The maximum absolute atomic E-state index is 13.3. The van der Waals surface area contributed by atoms with Gasteiger partial charge in [-0.2, -0.15) is 5.10 Å². The molecule has 3 rings (SSSR count). The van der Waals surface area contributed by atoms with Gasteiger partial charge in [0.15, 0.2) is 5.96 Å². The van der Waals surface area contributed by atoms with Crippen LogP contribution < -0.4 is 10.6 Å². The van der Waals surface area contributed by atoms with Gasteiger partial charge in [-0.3, -0.25) is 14.5 Å². The first-order valence-electron chi connectivity index (χ1n) is 11.5. The number of hydrogen-bond donors (Lipinski definition) is 2. The van der Waals surface area contributed by atoms with E-state index in [-0.39, 0.29) is 11.8 Å². The van der Waals surface area contributed by atoms with E-state index in [0.717, 1.165) is 43.3 Å². The van der Waals surface area contributed by atoms with Crippen molar-refractivity contribution in [3.05, 3.63) is 53.3 Å². The Labute approximate surface area is 191 Å². The Morgan fingerprint density at radius 3 is 2.59 bits per heavy atom. The van der Waals surface area contributed by atoms with Crippen molar-refractivity contribution in [2.45, 2.75) is 39.7 Å². The number of hydrogen-bond acceptors (Lipinski definition) is 4. The lowest BCUT2D eigenvalue weighted by Crippen LogP contribution is -2.44. The first-order valence-corrected chi connectivity index (χ1v) is 11.5. The molecule has 0 aliphatic carbocycles. The van der Waals surface area contributed by atoms with Gasteiger partial charge in [-0.25, -0.2) is 0 Å². The third-order valence-electron chi connectivity index (χ3n) is 5.54. The standard InChI is InChI=1S/C24H36N6O2/c1-4-25-24(26-11-8-12-30-20(3)17-19(2)28-30)27-18-22(21-9-6-5-7-10-21)23(31)29-13-15-32-16-14-29/h5-7,9-10,17,22H,4,8,11-16,18H2,1-3H3,(H2,25,26,27). The fourth-order valence-electron chi connectivity index (χ4n) is 3.88. The van der Waals surface area contributed by atoms with Gasteiger partial charge in [-0.15, -0.1) is 0 Å². The van der Waals surface area contributed by atoms with Gasteiger partial charge in [0.1, 0.15) is 0 Å². The monoisotopic (exact) mass is 440 g/mol. The zero-order valence-electron chi connectivity index (χ0n) is 19.5. The van der Waals surface area contributed by atoms with Crippen LogP contribution in [0.5, 0.6) is 0 Å². The number of morpholine rings is 1. The second-order valence-corrected chi connectivity index (χ2v) is 8.05. The number of benzene rings is 1. The van der Waals surface area contributed by atoms with E-state index in [1.165, 1.54) is 5.69 Å². The number of amides is 1. The van der Waals surface area contributed by atoms with E-state index >= 15 is 0 Å². The first kappa shape index (κ1) is 23.8. The second kappa shape index (κ2) is 12.2. The van der Waals surface area contributed by atoms with Crippen molar-refractivity contribution >= 4 is 11.9 Å². The minimum Gasteiger partial charge on any atom is -0.378 e. The number of rotatable bonds is 9. The number of carbonyl (C=O) groups is 1. The van der Waals surface area contributed by atoms with E-state index in [2.05, 4.69) is 28.7 Å². The molecule has 8 heteroatoms.